The Morgan fingerprint density at radius 2 is 2.20 bits per heavy atom. The molecule has 134 valence electrons. The van der Waals surface area contributed by atoms with Crippen LogP contribution in [0.4, 0.5) is 0 Å². The monoisotopic (exact) mass is 345 g/mol. The molecule has 1 aliphatic heterocycles. The van der Waals surface area contributed by atoms with E-state index in [2.05, 4.69) is 15.5 Å². The molecule has 7 heteroatoms. The van der Waals surface area contributed by atoms with E-state index in [9.17, 15) is 4.79 Å². The molecule has 0 radical (unpaired) electrons. The molecule has 0 bridgehead atoms. The van der Waals surface area contributed by atoms with E-state index in [-0.39, 0.29) is 23.8 Å². The molecule has 0 saturated heterocycles. The third-order valence-corrected chi connectivity index (χ3v) is 4.08. The first kappa shape index (κ1) is 17.3. The lowest BCUT2D eigenvalue weighted by Crippen LogP contribution is -2.37. The van der Waals surface area contributed by atoms with Crippen molar-refractivity contribution in [3.05, 3.63) is 35.5 Å². The zero-order chi connectivity index (χ0) is 18.0. The Hall–Kier alpha value is -2.57. The molecule has 25 heavy (non-hydrogen) atoms. The molecular weight excluding hydrogens is 322 g/mol. The highest BCUT2D eigenvalue weighted by Crippen LogP contribution is 2.31. The van der Waals surface area contributed by atoms with Gasteiger partial charge in [-0.15, -0.1) is 0 Å². The average Bonchev–Trinajstić information content (AvgIpc) is 3.08. The molecule has 1 amide bonds. The van der Waals surface area contributed by atoms with E-state index in [1.807, 2.05) is 39.0 Å². The number of nitrogens with zero attached hydrogens (tertiary/aromatic N) is 2. The molecular formula is C18H23N3O4. The highest BCUT2D eigenvalue weighted by molar-refractivity contribution is 5.79. The molecule has 1 aromatic carbocycles. The number of carbonyl (C=O) groups excluding carboxylic acids is 1. The van der Waals surface area contributed by atoms with Crippen molar-refractivity contribution < 1.29 is 18.8 Å². The number of benzene rings is 1. The van der Waals surface area contributed by atoms with Gasteiger partial charge in [0.15, 0.2) is 5.82 Å². The van der Waals surface area contributed by atoms with Crippen molar-refractivity contribution in [1.82, 2.24) is 15.5 Å². The van der Waals surface area contributed by atoms with Gasteiger partial charge in [0.25, 0.3) is 0 Å². The maximum absolute atomic E-state index is 12.4. The van der Waals surface area contributed by atoms with Gasteiger partial charge in [-0.05, 0) is 18.1 Å². The number of carbonyl (C=O) groups is 1. The van der Waals surface area contributed by atoms with E-state index >= 15 is 0 Å². The molecule has 0 unspecified atom stereocenters. The molecule has 1 N–H and O–H groups in total. The maximum atomic E-state index is 12.4. The Labute approximate surface area is 146 Å². The SMILES string of the molecule is COc1ccc2c(c1)OC[C@@H](C(=O)NCc1noc(C(C)(C)C)n1)C2. The first-order valence-electron chi connectivity index (χ1n) is 8.27. The number of methoxy groups -OCH3 is 1. The lowest BCUT2D eigenvalue weighted by atomic mass is 9.96. The zero-order valence-corrected chi connectivity index (χ0v) is 15.0. The average molecular weight is 345 g/mol. The van der Waals surface area contributed by atoms with Gasteiger partial charge in [-0.3, -0.25) is 4.79 Å². The van der Waals surface area contributed by atoms with Crippen LogP contribution in [0.2, 0.25) is 0 Å². The van der Waals surface area contributed by atoms with E-state index in [4.69, 9.17) is 14.0 Å². The summed E-state index contributed by atoms with van der Waals surface area (Å²) in [6, 6.07) is 5.65. The van der Waals surface area contributed by atoms with Gasteiger partial charge in [0, 0.05) is 11.5 Å². The fourth-order valence-corrected chi connectivity index (χ4v) is 2.59. The molecule has 0 aliphatic carbocycles. The molecule has 1 atom stereocenters. The fraction of sp³-hybridized carbons (Fsp3) is 0.500. The topological polar surface area (TPSA) is 86.5 Å². The van der Waals surface area contributed by atoms with Crippen molar-refractivity contribution >= 4 is 5.91 Å². The normalized spacial score (nSPS) is 16.7. The van der Waals surface area contributed by atoms with Gasteiger partial charge in [-0.2, -0.15) is 4.98 Å². The van der Waals surface area contributed by atoms with Gasteiger partial charge in [0.05, 0.1) is 19.6 Å². The Morgan fingerprint density at radius 1 is 1.40 bits per heavy atom. The smallest absolute Gasteiger partial charge is 0.232 e. The van der Waals surface area contributed by atoms with Gasteiger partial charge in [-0.1, -0.05) is 32.0 Å². The first-order valence-corrected chi connectivity index (χ1v) is 8.27. The van der Waals surface area contributed by atoms with Gasteiger partial charge in [-0.25, -0.2) is 0 Å². The predicted molar refractivity (Wildman–Crippen MR) is 90.5 cm³/mol. The zero-order valence-electron chi connectivity index (χ0n) is 15.0. The molecule has 2 heterocycles. The summed E-state index contributed by atoms with van der Waals surface area (Å²) in [5.41, 5.74) is 0.791. The molecule has 0 fully saturated rings. The van der Waals surface area contributed by atoms with E-state index in [1.54, 1.807) is 7.11 Å². The van der Waals surface area contributed by atoms with Crippen LogP contribution in [0.1, 0.15) is 38.0 Å². The molecule has 0 saturated carbocycles. The van der Waals surface area contributed by atoms with E-state index in [0.717, 1.165) is 17.1 Å². The van der Waals surface area contributed by atoms with Gasteiger partial charge >= 0.3 is 0 Å². The Kier molecular flexibility index (Phi) is 4.65. The van der Waals surface area contributed by atoms with Crippen molar-refractivity contribution in [1.29, 1.82) is 0 Å². The van der Waals surface area contributed by atoms with Crippen LogP contribution in [0.5, 0.6) is 11.5 Å². The lowest BCUT2D eigenvalue weighted by molar-refractivity contribution is -0.126. The second-order valence-electron chi connectivity index (χ2n) is 7.17. The number of nitrogens with one attached hydrogen (secondary N) is 1. The summed E-state index contributed by atoms with van der Waals surface area (Å²) >= 11 is 0. The van der Waals surface area contributed by atoms with Crippen LogP contribution < -0.4 is 14.8 Å². The van der Waals surface area contributed by atoms with Crippen molar-refractivity contribution in [2.75, 3.05) is 13.7 Å². The van der Waals surface area contributed by atoms with Crippen molar-refractivity contribution in [3.8, 4) is 11.5 Å². The number of rotatable bonds is 4. The van der Waals surface area contributed by atoms with E-state index in [1.165, 1.54) is 0 Å². The number of amides is 1. The van der Waals surface area contributed by atoms with Gasteiger partial charge < -0.3 is 19.3 Å². The Balaban J connectivity index is 1.58. The minimum Gasteiger partial charge on any atom is -0.497 e. The van der Waals surface area contributed by atoms with Crippen molar-refractivity contribution in [2.24, 2.45) is 5.92 Å². The minimum atomic E-state index is -0.241. The second-order valence-corrected chi connectivity index (χ2v) is 7.17. The van der Waals surface area contributed by atoms with Crippen LogP contribution in [0, 0.1) is 5.92 Å². The van der Waals surface area contributed by atoms with Crippen molar-refractivity contribution in [3.63, 3.8) is 0 Å². The van der Waals surface area contributed by atoms with Gasteiger partial charge in [0.1, 0.15) is 18.1 Å². The summed E-state index contributed by atoms with van der Waals surface area (Å²) in [4.78, 5) is 16.7. The lowest BCUT2D eigenvalue weighted by Gasteiger charge is -2.24. The highest BCUT2D eigenvalue weighted by atomic mass is 16.5. The maximum Gasteiger partial charge on any atom is 0.232 e. The summed E-state index contributed by atoms with van der Waals surface area (Å²) in [5, 5.41) is 6.77. The second kappa shape index (κ2) is 6.74. The summed E-state index contributed by atoms with van der Waals surface area (Å²) in [6.45, 7) is 6.56. The standard InChI is InChI=1S/C18H23N3O4/c1-18(2,3)17-20-15(21-25-17)9-19-16(22)12-7-11-5-6-13(23-4)8-14(11)24-10-12/h5-6,8,12H,7,9-10H2,1-4H3,(H,19,22)/t12-/m0/s1. The highest BCUT2D eigenvalue weighted by Gasteiger charge is 2.27. The molecule has 7 nitrogen and oxygen atoms in total. The Morgan fingerprint density at radius 3 is 2.88 bits per heavy atom. The van der Waals surface area contributed by atoms with E-state index in [0.29, 0.717) is 24.7 Å². The fourth-order valence-electron chi connectivity index (χ4n) is 2.59. The molecule has 1 aromatic heterocycles. The van der Waals surface area contributed by atoms with Crippen molar-refractivity contribution in [2.45, 2.75) is 39.2 Å². The summed E-state index contributed by atoms with van der Waals surface area (Å²) in [7, 11) is 1.61. The van der Waals surface area contributed by atoms with Crippen LogP contribution in [-0.2, 0) is 23.2 Å². The molecule has 3 rings (SSSR count). The number of ether oxygens (including phenoxy) is 2. The van der Waals surface area contributed by atoms with Gasteiger partial charge in [0.2, 0.25) is 11.8 Å². The third kappa shape index (κ3) is 3.92. The predicted octanol–water partition coefficient (Wildman–Crippen LogP) is 2.24. The third-order valence-electron chi connectivity index (χ3n) is 4.08. The van der Waals surface area contributed by atoms with Crippen LogP contribution in [0.3, 0.4) is 0 Å². The number of fused-ring (bicyclic) bond motifs is 1. The number of aromatic nitrogens is 2. The first-order chi connectivity index (χ1) is 11.9. The number of hydrogen-bond donors (Lipinski definition) is 1. The quantitative estimate of drug-likeness (QED) is 0.914. The van der Waals surface area contributed by atoms with Crippen LogP contribution in [0.15, 0.2) is 22.7 Å². The number of hydrogen-bond acceptors (Lipinski definition) is 6. The summed E-state index contributed by atoms with van der Waals surface area (Å²) < 4.78 is 16.1. The van der Waals surface area contributed by atoms with Crippen LogP contribution in [-0.4, -0.2) is 29.8 Å². The van der Waals surface area contributed by atoms with E-state index < -0.39 is 0 Å². The summed E-state index contributed by atoms with van der Waals surface area (Å²) in [6.07, 6.45) is 0.630. The molecule has 2 aromatic rings. The van der Waals surface area contributed by atoms with Crippen LogP contribution >= 0.6 is 0 Å². The van der Waals surface area contributed by atoms with Crippen LogP contribution in [0.25, 0.3) is 0 Å². The Bertz CT molecular complexity index is 764. The largest absolute Gasteiger partial charge is 0.497 e. The molecule has 1 aliphatic rings. The molecule has 0 spiro atoms. The summed E-state index contributed by atoms with van der Waals surface area (Å²) in [5.74, 6) is 2.23. The minimum absolute atomic E-state index is 0.0800.